The van der Waals surface area contributed by atoms with Crippen molar-refractivity contribution in [3.8, 4) is 12.3 Å². The van der Waals surface area contributed by atoms with Crippen molar-refractivity contribution in [2.24, 2.45) is 0 Å². The molecular formula is C16H17N3O2. The van der Waals surface area contributed by atoms with E-state index >= 15 is 0 Å². The van der Waals surface area contributed by atoms with E-state index in [0.29, 0.717) is 17.8 Å². The van der Waals surface area contributed by atoms with Crippen LogP contribution in [0.5, 0.6) is 0 Å². The van der Waals surface area contributed by atoms with E-state index in [0.717, 1.165) is 6.42 Å². The summed E-state index contributed by atoms with van der Waals surface area (Å²) < 4.78 is 0. The smallest absolute Gasteiger partial charge is 0.251 e. The van der Waals surface area contributed by atoms with E-state index in [2.05, 4.69) is 21.4 Å². The van der Waals surface area contributed by atoms with Crippen molar-refractivity contribution in [3.05, 3.63) is 41.2 Å². The molecule has 108 valence electrons. The summed E-state index contributed by atoms with van der Waals surface area (Å²) >= 11 is 0. The second kappa shape index (κ2) is 8.39. The van der Waals surface area contributed by atoms with Gasteiger partial charge in [0.15, 0.2) is 5.69 Å². The monoisotopic (exact) mass is 283 g/mol. The van der Waals surface area contributed by atoms with Crippen LogP contribution in [-0.4, -0.2) is 24.4 Å². The van der Waals surface area contributed by atoms with Gasteiger partial charge in [0.05, 0.1) is 6.57 Å². The van der Waals surface area contributed by atoms with Crippen molar-refractivity contribution in [1.29, 1.82) is 0 Å². The van der Waals surface area contributed by atoms with Crippen LogP contribution in [0.1, 0.15) is 30.1 Å². The third kappa shape index (κ3) is 5.00. The van der Waals surface area contributed by atoms with Gasteiger partial charge in [0.2, 0.25) is 5.91 Å². The van der Waals surface area contributed by atoms with Gasteiger partial charge in [-0.15, -0.1) is 12.3 Å². The lowest BCUT2D eigenvalue weighted by Gasteiger charge is -2.16. The van der Waals surface area contributed by atoms with E-state index < -0.39 is 11.9 Å². The molecule has 1 atom stereocenters. The summed E-state index contributed by atoms with van der Waals surface area (Å²) in [5.41, 5.74) is 0.833. The maximum atomic E-state index is 12.1. The number of carbonyl (C=O) groups excluding carboxylic acids is 2. The van der Waals surface area contributed by atoms with Crippen LogP contribution in [0, 0.1) is 18.9 Å². The largest absolute Gasteiger partial charge is 0.354 e. The van der Waals surface area contributed by atoms with Gasteiger partial charge >= 0.3 is 0 Å². The first-order chi connectivity index (χ1) is 10.1. The van der Waals surface area contributed by atoms with E-state index in [1.165, 1.54) is 0 Å². The van der Waals surface area contributed by atoms with Crippen LogP contribution in [0.3, 0.4) is 0 Å². The standard InChI is InChI=1S/C16H17N3O2/c1-4-6-14(16(21)18-11-5-2)19-15(20)12-7-9-13(17-3)10-8-12/h1,7-10,14H,5-6,11H2,2H3,(H,18,21)(H,19,20). The highest BCUT2D eigenvalue weighted by molar-refractivity contribution is 5.97. The number of amides is 2. The number of terminal acetylenes is 1. The zero-order chi connectivity index (χ0) is 15.7. The summed E-state index contributed by atoms with van der Waals surface area (Å²) in [4.78, 5) is 27.2. The Morgan fingerprint density at radius 1 is 1.38 bits per heavy atom. The van der Waals surface area contributed by atoms with E-state index in [9.17, 15) is 9.59 Å². The van der Waals surface area contributed by atoms with Crippen LogP contribution in [0.15, 0.2) is 24.3 Å². The topological polar surface area (TPSA) is 62.6 Å². The second-order valence-corrected chi connectivity index (χ2v) is 4.38. The highest BCUT2D eigenvalue weighted by atomic mass is 16.2. The maximum absolute atomic E-state index is 12.1. The van der Waals surface area contributed by atoms with E-state index in [1.807, 2.05) is 6.92 Å². The van der Waals surface area contributed by atoms with Gasteiger partial charge in [-0.1, -0.05) is 31.2 Å². The number of hydrogen-bond acceptors (Lipinski definition) is 2. The minimum absolute atomic E-state index is 0.126. The normalized spacial score (nSPS) is 10.8. The summed E-state index contributed by atoms with van der Waals surface area (Å²) in [6.45, 7) is 9.34. The Morgan fingerprint density at radius 2 is 2.05 bits per heavy atom. The summed E-state index contributed by atoms with van der Waals surface area (Å²) in [7, 11) is 0. The Kier molecular flexibility index (Phi) is 6.50. The van der Waals surface area contributed by atoms with Crippen LogP contribution in [0.4, 0.5) is 5.69 Å². The molecule has 0 bridgehead atoms. The molecule has 2 amide bonds. The number of benzene rings is 1. The Hall–Kier alpha value is -2.79. The molecule has 0 aliphatic rings. The fraction of sp³-hybridized carbons (Fsp3) is 0.312. The molecule has 2 N–H and O–H groups in total. The quantitative estimate of drug-likeness (QED) is 0.618. The molecule has 0 spiro atoms. The minimum atomic E-state index is -0.755. The molecule has 0 aliphatic heterocycles. The molecule has 1 aromatic carbocycles. The predicted molar refractivity (Wildman–Crippen MR) is 80.7 cm³/mol. The number of carbonyl (C=O) groups is 2. The SMILES string of the molecule is [C-]#[N+]c1ccc(C(=O)NC(CC#C)C(=O)NCCC)cc1. The molecule has 0 saturated heterocycles. The number of hydrogen-bond donors (Lipinski definition) is 2. The van der Waals surface area contributed by atoms with Crippen LogP contribution in [0.2, 0.25) is 0 Å². The Bertz CT molecular complexity index is 579. The van der Waals surface area contributed by atoms with Crippen LogP contribution >= 0.6 is 0 Å². The molecule has 0 fully saturated rings. The third-order valence-corrected chi connectivity index (χ3v) is 2.75. The highest BCUT2D eigenvalue weighted by Gasteiger charge is 2.19. The van der Waals surface area contributed by atoms with E-state index in [-0.39, 0.29) is 12.3 Å². The molecule has 1 unspecified atom stereocenters. The van der Waals surface area contributed by atoms with E-state index in [1.54, 1.807) is 24.3 Å². The van der Waals surface area contributed by atoms with Gasteiger partial charge < -0.3 is 10.6 Å². The zero-order valence-electron chi connectivity index (χ0n) is 11.8. The lowest BCUT2D eigenvalue weighted by Crippen LogP contribution is -2.46. The van der Waals surface area contributed by atoms with Crippen molar-refractivity contribution < 1.29 is 9.59 Å². The van der Waals surface area contributed by atoms with Gasteiger partial charge in [0.1, 0.15) is 6.04 Å². The minimum Gasteiger partial charge on any atom is -0.354 e. The van der Waals surface area contributed by atoms with Crippen LogP contribution in [0.25, 0.3) is 4.85 Å². The van der Waals surface area contributed by atoms with E-state index in [4.69, 9.17) is 13.0 Å². The molecule has 0 aromatic heterocycles. The molecular weight excluding hydrogens is 266 g/mol. The number of nitrogens with one attached hydrogen (secondary N) is 2. The lowest BCUT2D eigenvalue weighted by atomic mass is 10.1. The summed E-state index contributed by atoms with van der Waals surface area (Å²) in [5, 5.41) is 5.31. The van der Waals surface area contributed by atoms with Gasteiger partial charge in [-0.3, -0.25) is 9.59 Å². The summed E-state index contributed by atoms with van der Waals surface area (Å²) in [6, 6.07) is 5.43. The number of rotatable bonds is 6. The van der Waals surface area contributed by atoms with Gasteiger partial charge in [0.25, 0.3) is 5.91 Å². The lowest BCUT2D eigenvalue weighted by molar-refractivity contribution is -0.122. The van der Waals surface area contributed by atoms with Gasteiger partial charge in [0, 0.05) is 18.5 Å². The molecule has 0 radical (unpaired) electrons. The predicted octanol–water partition coefficient (Wildman–Crippen LogP) is 1.89. The van der Waals surface area contributed by atoms with Crippen molar-refractivity contribution in [3.63, 3.8) is 0 Å². The van der Waals surface area contributed by atoms with Gasteiger partial charge in [-0.05, 0) is 6.42 Å². The Labute approximate surface area is 124 Å². The average molecular weight is 283 g/mol. The zero-order valence-corrected chi connectivity index (χ0v) is 11.8. The summed E-state index contributed by atoms with van der Waals surface area (Å²) in [6.07, 6.45) is 6.17. The van der Waals surface area contributed by atoms with Crippen molar-refractivity contribution >= 4 is 17.5 Å². The maximum Gasteiger partial charge on any atom is 0.251 e. The Morgan fingerprint density at radius 3 is 2.57 bits per heavy atom. The fourth-order valence-electron chi connectivity index (χ4n) is 1.63. The highest BCUT2D eigenvalue weighted by Crippen LogP contribution is 2.12. The van der Waals surface area contributed by atoms with Crippen molar-refractivity contribution in [2.75, 3.05) is 6.54 Å². The van der Waals surface area contributed by atoms with Crippen LogP contribution < -0.4 is 10.6 Å². The molecule has 5 heteroatoms. The first-order valence-electron chi connectivity index (χ1n) is 6.62. The van der Waals surface area contributed by atoms with Crippen LogP contribution in [-0.2, 0) is 4.79 Å². The average Bonchev–Trinajstić information content (AvgIpc) is 2.52. The van der Waals surface area contributed by atoms with Crippen molar-refractivity contribution in [1.82, 2.24) is 10.6 Å². The third-order valence-electron chi connectivity index (χ3n) is 2.75. The first-order valence-corrected chi connectivity index (χ1v) is 6.62. The molecule has 0 saturated carbocycles. The molecule has 0 heterocycles. The van der Waals surface area contributed by atoms with Crippen molar-refractivity contribution in [2.45, 2.75) is 25.8 Å². The van der Waals surface area contributed by atoms with Gasteiger partial charge in [-0.2, -0.15) is 0 Å². The second-order valence-electron chi connectivity index (χ2n) is 4.38. The molecule has 21 heavy (non-hydrogen) atoms. The first kappa shape index (κ1) is 16.3. The summed E-state index contributed by atoms with van der Waals surface area (Å²) in [5.74, 6) is 1.70. The molecule has 5 nitrogen and oxygen atoms in total. The fourth-order valence-corrected chi connectivity index (χ4v) is 1.63. The number of nitrogens with zero attached hydrogens (tertiary/aromatic N) is 1. The Balaban J connectivity index is 2.73. The van der Waals surface area contributed by atoms with Gasteiger partial charge in [-0.25, -0.2) is 4.85 Å². The molecule has 1 aromatic rings. The molecule has 1 rings (SSSR count). The molecule has 0 aliphatic carbocycles.